The maximum Gasteiger partial charge on any atom is 0.0649 e. The molecule has 2 N–H and O–H groups in total. The Morgan fingerprint density at radius 1 is 1.25 bits per heavy atom. The summed E-state index contributed by atoms with van der Waals surface area (Å²) in [5, 5.41) is 4.52. The predicted octanol–water partition coefficient (Wildman–Crippen LogP) is 3.50. The van der Waals surface area contributed by atoms with Gasteiger partial charge in [-0.05, 0) is 59.3 Å². The number of hydrogen-bond acceptors (Lipinski definition) is 2. The minimum atomic E-state index is 0.266. The van der Waals surface area contributed by atoms with Gasteiger partial charge in [-0.15, -0.1) is 0 Å². The lowest BCUT2D eigenvalue weighted by Gasteiger charge is -2.14. The first kappa shape index (κ1) is 12.6. The van der Waals surface area contributed by atoms with Crippen LogP contribution < -0.4 is 5.73 Å². The standard InChI is InChI=1S/C16H18BrN3/c17-14-9-19-20(15(14)11-1-2-11)13-5-3-12(4-6-13)16(10-18)7-8-16/h3-6,9,11H,1-2,7-8,10,18H2. The van der Waals surface area contributed by atoms with Crippen molar-refractivity contribution in [1.82, 2.24) is 9.78 Å². The Labute approximate surface area is 127 Å². The smallest absolute Gasteiger partial charge is 0.0649 e. The number of nitrogens with zero attached hydrogens (tertiary/aromatic N) is 2. The van der Waals surface area contributed by atoms with E-state index in [9.17, 15) is 0 Å². The molecule has 4 heteroatoms. The van der Waals surface area contributed by atoms with Gasteiger partial charge in [-0.3, -0.25) is 0 Å². The predicted molar refractivity (Wildman–Crippen MR) is 83.2 cm³/mol. The molecule has 0 unspecified atom stereocenters. The Bertz CT molecular complexity index is 636. The maximum atomic E-state index is 5.90. The summed E-state index contributed by atoms with van der Waals surface area (Å²) < 4.78 is 3.21. The topological polar surface area (TPSA) is 43.8 Å². The Hall–Kier alpha value is -1.13. The van der Waals surface area contributed by atoms with Crippen LogP contribution in [0, 0.1) is 0 Å². The second-order valence-corrected chi connectivity index (χ2v) is 6.95. The molecule has 0 bridgehead atoms. The fraction of sp³-hybridized carbons (Fsp3) is 0.438. The highest BCUT2D eigenvalue weighted by Crippen LogP contribution is 2.47. The molecule has 0 saturated heterocycles. The quantitative estimate of drug-likeness (QED) is 0.931. The summed E-state index contributed by atoms with van der Waals surface area (Å²) in [4.78, 5) is 0. The van der Waals surface area contributed by atoms with E-state index in [-0.39, 0.29) is 5.41 Å². The number of halogens is 1. The number of aromatic nitrogens is 2. The van der Waals surface area contributed by atoms with E-state index in [0.29, 0.717) is 5.92 Å². The molecular weight excluding hydrogens is 314 g/mol. The van der Waals surface area contributed by atoms with Crippen molar-refractivity contribution in [3.05, 3.63) is 46.2 Å². The Kier molecular flexibility index (Phi) is 2.79. The first-order valence-corrected chi connectivity index (χ1v) is 8.07. The van der Waals surface area contributed by atoms with Gasteiger partial charge in [0.2, 0.25) is 0 Å². The summed E-state index contributed by atoms with van der Waals surface area (Å²) in [6, 6.07) is 8.80. The first-order chi connectivity index (χ1) is 9.73. The molecule has 0 atom stereocenters. The average molecular weight is 332 g/mol. The highest BCUT2D eigenvalue weighted by atomic mass is 79.9. The van der Waals surface area contributed by atoms with Crippen molar-refractivity contribution in [2.45, 2.75) is 37.0 Å². The SMILES string of the molecule is NCC1(c2ccc(-n3ncc(Br)c3C3CC3)cc2)CC1. The summed E-state index contributed by atoms with van der Waals surface area (Å²) >= 11 is 3.62. The Morgan fingerprint density at radius 3 is 2.50 bits per heavy atom. The van der Waals surface area contributed by atoms with Crippen LogP contribution in [0.4, 0.5) is 0 Å². The summed E-state index contributed by atoms with van der Waals surface area (Å²) in [5.41, 5.74) is 10.0. The van der Waals surface area contributed by atoms with E-state index in [1.54, 1.807) is 0 Å². The highest BCUT2D eigenvalue weighted by Gasteiger charge is 2.42. The van der Waals surface area contributed by atoms with Crippen LogP contribution in [0.5, 0.6) is 0 Å². The van der Waals surface area contributed by atoms with E-state index in [0.717, 1.165) is 16.7 Å². The van der Waals surface area contributed by atoms with Gasteiger partial charge in [-0.2, -0.15) is 5.10 Å². The number of benzene rings is 1. The molecule has 1 aromatic heterocycles. The zero-order chi connectivity index (χ0) is 13.7. The fourth-order valence-electron chi connectivity index (χ4n) is 2.99. The summed E-state index contributed by atoms with van der Waals surface area (Å²) in [7, 11) is 0. The van der Waals surface area contributed by atoms with Crippen LogP contribution in [0.3, 0.4) is 0 Å². The van der Waals surface area contributed by atoms with E-state index in [2.05, 4.69) is 50.0 Å². The van der Waals surface area contributed by atoms with Crippen LogP contribution in [-0.4, -0.2) is 16.3 Å². The van der Waals surface area contributed by atoms with Gasteiger partial charge in [-0.25, -0.2) is 4.68 Å². The third kappa shape index (κ3) is 1.93. The van der Waals surface area contributed by atoms with Crippen molar-refractivity contribution in [3.8, 4) is 5.69 Å². The minimum Gasteiger partial charge on any atom is -0.330 e. The van der Waals surface area contributed by atoms with E-state index < -0.39 is 0 Å². The molecule has 0 spiro atoms. The third-order valence-corrected chi connectivity index (χ3v) is 5.30. The molecular formula is C16H18BrN3. The molecule has 2 aromatic rings. The van der Waals surface area contributed by atoms with Gasteiger partial charge in [0.05, 0.1) is 22.1 Å². The van der Waals surface area contributed by atoms with Gasteiger partial charge in [0, 0.05) is 17.9 Å². The Balaban J connectivity index is 1.69. The van der Waals surface area contributed by atoms with Gasteiger partial charge in [0.25, 0.3) is 0 Å². The van der Waals surface area contributed by atoms with Gasteiger partial charge < -0.3 is 5.73 Å². The molecule has 2 fully saturated rings. The molecule has 0 amide bonds. The molecule has 1 aromatic carbocycles. The first-order valence-electron chi connectivity index (χ1n) is 7.28. The molecule has 20 heavy (non-hydrogen) atoms. The van der Waals surface area contributed by atoms with Crippen LogP contribution in [0.15, 0.2) is 34.9 Å². The van der Waals surface area contributed by atoms with Gasteiger partial charge in [-0.1, -0.05) is 12.1 Å². The van der Waals surface area contributed by atoms with Gasteiger partial charge in [0.1, 0.15) is 0 Å². The third-order valence-electron chi connectivity index (χ3n) is 4.69. The summed E-state index contributed by atoms with van der Waals surface area (Å²) in [6.07, 6.45) is 6.91. The minimum absolute atomic E-state index is 0.266. The largest absolute Gasteiger partial charge is 0.330 e. The van der Waals surface area contributed by atoms with E-state index in [1.165, 1.54) is 36.9 Å². The van der Waals surface area contributed by atoms with Crippen molar-refractivity contribution in [1.29, 1.82) is 0 Å². The van der Waals surface area contributed by atoms with E-state index in [1.807, 2.05) is 6.20 Å². The zero-order valence-electron chi connectivity index (χ0n) is 11.3. The van der Waals surface area contributed by atoms with Crippen LogP contribution in [0.25, 0.3) is 5.69 Å². The zero-order valence-corrected chi connectivity index (χ0v) is 12.9. The molecule has 0 radical (unpaired) electrons. The molecule has 2 aliphatic carbocycles. The number of hydrogen-bond donors (Lipinski definition) is 1. The van der Waals surface area contributed by atoms with Crippen molar-refractivity contribution >= 4 is 15.9 Å². The van der Waals surface area contributed by atoms with Crippen molar-refractivity contribution in [2.75, 3.05) is 6.54 Å². The lowest BCUT2D eigenvalue weighted by Crippen LogP contribution is -2.19. The fourth-order valence-corrected chi connectivity index (χ4v) is 3.57. The maximum absolute atomic E-state index is 5.90. The Morgan fingerprint density at radius 2 is 1.95 bits per heavy atom. The molecule has 4 rings (SSSR count). The monoisotopic (exact) mass is 331 g/mol. The van der Waals surface area contributed by atoms with Crippen molar-refractivity contribution in [3.63, 3.8) is 0 Å². The summed E-state index contributed by atoms with van der Waals surface area (Å²) in [6.45, 7) is 0.757. The normalized spacial score (nSPS) is 20.1. The average Bonchev–Trinajstić information content (AvgIpc) is 3.39. The summed E-state index contributed by atoms with van der Waals surface area (Å²) in [5.74, 6) is 0.672. The number of nitrogens with two attached hydrogens (primary N) is 1. The second-order valence-electron chi connectivity index (χ2n) is 6.10. The molecule has 2 aliphatic rings. The second kappa shape index (κ2) is 4.43. The lowest BCUT2D eigenvalue weighted by molar-refractivity contribution is 0.703. The molecule has 1 heterocycles. The van der Waals surface area contributed by atoms with Crippen LogP contribution in [0.1, 0.15) is 42.9 Å². The van der Waals surface area contributed by atoms with E-state index in [4.69, 9.17) is 5.73 Å². The van der Waals surface area contributed by atoms with Crippen molar-refractivity contribution < 1.29 is 0 Å². The van der Waals surface area contributed by atoms with Crippen LogP contribution in [0.2, 0.25) is 0 Å². The molecule has 104 valence electrons. The van der Waals surface area contributed by atoms with Crippen LogP contribution >= 0.6 is 15.9 Å². The molecule has 0 aliphatic heterocycles. The van der Waals surface area contributed by atoms with E-state index >= 15 is 0 Å². The van der Waals surface area contributed by atoms with Crippen LogP contribution in [-0.2, 0) is 5.41 Å². The van der Waals surface area contributed by atoms with Gasteiger partial charge in [0.15, 0.2) is 0 Å². The lowest BCUT2D eigenvalue weighted by atomic mass is 9.96. The number of rotatable bonds is 4. The highest BCUT2D eigenvalue weighted by molar-refractivity contribution is 9.10. The van der Waals surface area contributed by atoms with Gasteiger partial charge >= 0.3 is 0 Å². The molecule has 2 saturated carbocycles. The van der Waals surface area contributed by atoms with Crippen molar-refractivity contribution in [2.24, 2.45) is 5.73 Å². The molecule has 3 nitrogen and oxygen atoms in total.